The van der Waals surface area contributed by atoms with Crippen LogP contribution < -0.4 is 5.73 Å². The summed E-state index contributed by atoms with van der Waals surface area (Å²) in [7, 11) is 0. The van der Waals surface area contributed by atoms with Gasteiger partial charge in [0, 0.05) is 19.7 Å². The fraction of sp³-hybridized carbons (Fsp3) is 0.900. The van der Waals surface area contributed by atoms with Crippen molar-refractivity contribution in [2.24, 2.45) is 11.7 Å². The SMILES string of the molecule is CC(C)[C@H](N)C(=O)N1CCCOCC1. The first-order valence-corrected chi connectivity index (χ1v) is 5.25. The molecule has 1 aliphatic heterocycles. The lowest BCUT2D eigenvalue weighted by atomic mass is 10.0. The summed E-state index contributed by atoms with van der Waals surface area (Å²) in [4.78, 5) is 13.7. The Kier molecular flexibility index (Phi) is 4.35. The van der Waals surface area contributed by atoms with Crippen molar-refractivity contribution in [3.05, 3.63) is 0 Å². The highest BCUT2D eigenvalue weighted by molar-refractivity contribution is 5.81. The fourth-order valence-electron chi connectivity index (χ4n) is 1.46. The van der Waals surface area contributed by atoms with Crippen molar-refractivity contribution in [2.45, 2.75) is 26.3 Å². The minimum atomic E-state index is -0.368. The van der Waals surface area contributed by atoms with Gasteiger partial charge < -0.3 is 15.4 Å². The van der Waals surface area contributed by atoms with E-state index in [-0.39, 0.29) is 17.9 Å². The molecule has 0 spiro atoms. The zero-order valence-corrected chi connectivity index (χ0v) is 9.03. The normalized spacial score (nSPS) is 20.7. The number of carbonyl (C=O) groups is 1. The second kappa shape index (κ2) is 5.32. The molecule has 0 aromatic rings. The van der Waals surface area contributed by atoms with Crippen LogP contribution in [0.25, 0.3) is 0 Å². The van der Waals surface area contributed by atoms with Crippen LogP contribution in [0.4, 0.5) is 0 Å². The van der Waals surface area contributed by atoms with Crippen molar-refractivity contribution in [3.63, 3.8) is 0 Å². The summed E-state index contributed by atoms with van der Waals surface area (Å²) in [5.41, 5.74) is 5.81. The van der Waals surface area contributed by atoms with Gasteiger partial charge in [0.25, 0.3) is 0 Å². The summed E-state index contributed by atoms with van der Waals surface area (Å²) in [6.45, 7) is 6.78. The summed E-state index contributed by atoms with van der Waals surface area (Å²) in [6.07, 6.45) is 0.913. The van der Waals surface area contributed by atoms with Gasteiger partial charge in [0.1, 0.15) is 0 Å². The topological polar surface area (TPSA) is 55.6 Å². The smallest absolute Gasteiger partial charge is 0.239 e. The number of hydrogen-bond donors (Lipinski definition) is 1. The molecule has 0 saturated carbocycles. The van der Waals surface area contributed by atoms with Crippen LogP contribution >= 0.6 is 0 Å². The van der Waals surface area contributed by atoms with E-state index in [9.17, 15) is 4.79 Å². The Bertz CT molecular complexity index is 187. The van der Waals surface area contributed by atoms with Gasteiger partial charge in [-0.05, 0) is 12.3 Å². The van der Waals surface area contributed by atoms with Crippen molar-refractivity contribution < 1.29 is 9.53 Å². The van der Waals surface area contributed by atoms with Crippen molar-refractivity contribution in [1.82, 2.24) is 4.90 Å². The van der Waals surface area contributed by atoms with Gasteiger partial charge in [-0.3, -0.25) is 4.79 Å². The Morgan fingerprint density at radius 3 is 2.71 bits per heavy atom. The van der Waals surface area contributed by atoms with Crippen LogP contribution in [0.1, 0.15) is 20.3 Å². The molecule has 2 N–H and O–H groups in total. The lowest BCUT2D eigenvalue weighted by Crippen LogP contribution is -2.47. The van der Waals surface area contributed by atoms with Gasteiger partial charge in [-0.2, -0.15) is 0 Å². The van der Waals surface area contributed by atoms with Crippen LogP contribution in [0, 0.1) is 5.92 Å². The van der Waals surface area contributed by atoms with Gasteiger partial charge in [0.05, 0.1) is 12.6 Å². The van der Waals surface area contributed by atoms with Gasteiger partial charge in [-0.1, -0.05) is 13.8 Å². The highest BCUT2D eigenvalue weighted by Gasteiger charge is 2.23. The maximum Gasteiger partial charge on any atom is 0.239 e. The summed E-state index contributed by atoms with van der Waals surface area (Å²) >= 11 is 0. The number of nitrogens with two attached hydrogens (primary N) is 1. The van der Waals surface area contributed by atoms with Gasteiger partial charge >= 0.3 is 0 Å². The van der Waals surface area contributed by atoms with Crippen molar-refractivity contribution in [1.29, 1.82) is 0 Å². The molecule has 0 aliphatic carbocycles. The second-order valence-corrected chi connectivity index (χ2v) is 4.06. The van der Waals surface area contributed by atoms with Crippen LogP contribution in [0.5, 0.6) is 0 Å². The predicted molar refractivity (Wildman–Crippen MR) is 54.8 cm³/mol. The first-order chi connectivity index (χ1) is 6.63. The Morgan fingerprint density at radius 2 is 2.07 bits per heavy atom. The van der Waals surface area contributed by atoms with Gasteiger partial charge in [0.15, 0.2) is 0 Å². The molecule has 1 aliphatic rings. The Balaban J connectivity index is 2.49. The Morgan fingerprint density at radius 1 is 1.36 bits per heavy atom. The molecule has 0 aromatic carbocycles. The zero-order valence-electron chi connectivity index (χ0n) is 9.03. The molecule has 1 saturated heterocycles. The number of carbonyl (C=O) groups excluding carboxylic acids is 1. The molecule has 0 bridgehead atoms. The molecule has 1 fully saturated rings. The summed E-state index contributed by atoms with van der Waals surface area (Å²) < 4.78 is 5.28. The van der Waals surface area contributed by atoms with Gasteiger partial charge in [0.2, 0.25) is 5.91 Å². The molecule has 0 aromatic heterocycles. The third-order valence-electron chi connectivity index (χ3n) is 2.54. The van der Waals surface area contributed by atoms with Gasteiger partial charge in [-0.15, -0.1) is 0 Å². The monoisotopic (exact) mass is 200 g/mol. The number of ether oxygens (including phenoxy) is 1. The average molecular weight is 200 g/mol. The first kappa shape index (κ1) is 11.5. The molecule has 4 nitrogen and oxygen atoms in total. The standard InChI is InChI=1S/C10H20N2O2/c1-8(2)9(11)10(13)12-4-3-6-14-7-5-12/h8-9H,3-7,11H2,1-2H3/t9-/m0/s1. The number of rotatable bonds is 2. The zero-order chi connectivity index (χ0) is 10.6. The van der Waals surface area contributed by atoms with E-state index in [1.54, 1.807) is 0 Å². The van der Waals surface area contributed by atoms with Gasteiger partial charge in [-0.25, -0.2) is 0 Å². The highest BCUT2D eigenvalue weighted by Crippen LogP contribution is 2.06. The third kappa shape index (κ3) is 2.96. The van der Waals surface area contributed by atoms with E-state index in [0.29, 0.717) is 13.2 Å². The van der Waals surface area contributed by atoms with Crippen molar-refractivity contribution in [2.75, 3.05) is 26.3 Å². The summed E-state index contributed by atoms with van der Waals surface area (Å²) in [5, 5.41) is 0. The molecular formula is C10H20N2O2. The third-order valence-corrected chi connectivity index (χ3v) is 2.54. The molecule has 1 heterocycles. The molecule has 0 radical (unpaired) electrons. The minimum Gasteiger partial charge on any atom is -0.380 e. The number of nitrogens with zero attached hydrogens (tertiary/aromatic N) is 1. The van der Waals surface area contributed by atoms with Crippen LogP contribution in [-0.2, 0) is 9.53 Å². The largest absolute Gasteiger partial charge is 0.380 e. The van der Waals surface area contributed by atoms with E-state index in [0.717, 1.165) is 19.6 Å². The Labute approximate surface area is 85.4 Å². The highest BCUT2D eigenvalue weighted by atomic mass is 16.5. The van der Waals surface area contributed by atoms with Crippen molar-refractivity contribution in [3.8, 4) is 0 Å². The fourth-order valence-corrected chi connectivity index (χ4v) is 1.46. The quantitative estimate of drug-likeness (QED) is 0.693. The molecule has 1 atom stereocenters. The Hall–Kier alpha value is -0.610. The first-order valence-electron chi connectivity index (χ1n) is 5.25. The second-order valence-electron chi connectivity index (χ2n) is 4.06. The van der Waals surface area contributed by atoms with E-state index in [4.69, 9.17) is 10.5 Å². The molecule has 82 valence electrons. The van der Waals surface area contributed by atoms with Crippen LogP contribution in [-0.4, -0.2) is 43.2 Å². The van der Waals surface area contributed by atoms with E-state index in [2.05, 4.69) is 0 Å². The van der Waals surface area contributed by atoms with Crippen molar-refractivity contribution >= 4 is 5.91 Å². The van der Waals surface area contributed by atoms with Crippen LogP contribution in [0.2, 0.25) is 0 Å². The van der Waals surface area contributed by atoms with Crippen LogP contribution in [0.15, 0.2) is 0 Å². The summed E-state index contributed by atoms with van der Waals surface area (Å²) in [6, 6.07) is -0.368. The molecule has 14 heavy (non-hydrogen) atoms. The van der Waals surface area contributed by atoms with E-state index < -0.39 is 0 Å². The maximum atomic E-state index is 11.8. The van der Waals surface area contributed by atoms with Crippen LogP contribution in [0.3, 0.4) is 0 Å². The predicted octanol–water partition coefficient (Wildman–Crippen LogP) is 0.219. The average Bonchev–Trinajstić information content (AvgIpc) is 2.43. The molecular weight excluding hydrogens is 180 g/mol. The molecule has 1 rings (SSSR count). The van der Waals surface area contributed by atoms with E-state index in [1.807, 2.05) is 18.7 Å². The molecule has 4 heteroatoms. The molecule has 1 amide bonds. The lowest BCUT2D eigenvalue weighted by Gasteiger charge is -2.25. The molecule has 0 unspecified atom stereocenters. The maximum absolute atomic E-state index is 11.8. The summed E-state index contributed by atoms with van der Waals surface area (Å²) in [5.74, 6) is 0.261. The van der Waals surface area contributed by atoms with E-state index in [1.165, 1.54) is 0 Å². The lowest BCUT2D eigenvalue weighted by molar-refractivity contribution is -0.133. The van der Waals surface area contributed by atoms with E-state index >= 15 is 0 Å². The number of amides is 1. The number of hydrogen-bond acceptors (Lipinski definition) is 3. The minimum absolute atomic E-state index is 0.0606.